The van der Waals surface area contributed by atoms with E-state index in [1.165, 1.54) is 52.7 Å². The zero-order valence-electron chi connectivity index (χ0n) is 18.9. The molecule has 13 heteroatoms. The number of rotatable bonds is 8. The molecule has 3 rings (SSSR count). The number of amides is 1. The van der Waals surface area contributed by atoms with Gasteiger partial charge in [0.1, 0.15) is 0 Å². The van der Waals surface area contributed by atoms with Crippen LogP contribution in [0.1, 0.15) is 16.8 Å². The van der Waals surface area contributed by atoms with E-state index in [0.29, 0.717) is 16.0 Å². The molecule has 0 saturated carbocycles. The van der Waals surface area contributed by atoms with Crippen molar-refractivity contribution in [2.24, 2.45) is 10.1 Å². The van der Waals surface area contributed by atoms with Crippen LogP contribution >= 0.6 is 11.3 Å². The van der Waals surface area contributed by atoms with E-state index in [-0.39, 0.29) is 39.7 Å². The van der Waals surface area contributed by atoms with Crippen LogP contribution in [-0.4, -0.2) is 53.3 Å². The fourth-order valence-electron chi connectivity index (χ4n) is 3.19. The number of aryl methyl sites for hydroxylation is 1. The number of primary sulfonamides is 1. The van der Waals surface area contributed by atoms with Gasteiger partial charge in [-0.15, -0.1) is 0 Å². The average molecular weight is 510 g/mol. The number of ether oxygens (including phenoxy) is 4. The quantitative estimate of drug-likeness (QED) is 0.451. The van der Waals surface area contributed by atoms with E-state index in [9.17, 15) is 18.0 Å². The number of aromatic nitrogens is 1. The summed E-state index contributed by atoms with van der Waals surface area (Å²) in [7, 11) is 1.65. The molecule has 34 heavy (non-hydrogen) atoms. The summed E-state index contributed by atoms with van der Waals surface area (Å²) in [5.74, 6) is -0.160. The van der Waals surface area contributed by atoms with E-state index in [1.807, 2.05) is 0 Å². The summed E-state index contributed by atoms with van der Waals surface area (Å²) in [6.07, 6.45) is 0.0187. The summed E-state index contributed by atoms with van der Waals surface area (Å²) < 4.78 is 46.2. The van der Waals surface area contributed by atoms with Crippen LogP contribution in [0, 0.1) is 0 Å². The molecule has 3 aromatic rings. The Kier molecular flexibility index (Phi) is 7.59. The number of nitrogens with two attached hydrogens (primary N) is 1. The van der Waals surface area contributed by atoms with Crippen molar-refractivity contribution in [3.8, 4) is 17.2 Å². The third-order valence-corrected chi connectivity index (χ3v) is 6.81. The average Bonchev–Trinajstić information content (AvgIpc) is 3.16. The largest absolute Gasteiger partial charge is 0.493 e. The van der Waals surface area contributed by atoms with Gasteiger partial charge >= 0.3 is 5.97 Å². The molecule has 0 aliphatic carbocycles. The molecule has 0 bridgehead atoms. The van der Waals surface area contributed by atoms with Crippen molar-refractivity contribution in [2.45, 2.75) is 17.9 Å². The van der Waals surface area contributed by atoms with Gasteiger partial charge in [0.05, 0.1) is 50.0 Å². The zero-order valence-corrected chi connectivity index (χ0v) is 20.5. The predicted molar refractivity (Wildman–Crippen MR) is 124 cm³/mol. The lowest BCUT2D eigenvalue weighted by molar-refractivity contribution is -0.140. The number of carbonyl (C=O) groups excluding carboxylic acids is 2. The SMILES string of the molecule is COC(=O)CCn1c(=NC(=O)c2cc(OC)c(OC)c(OC)c2)sc2cc(S(N)(=O)=O)ccc21. The molecule has 1 aromatic heterocycles. The highest BCUT2D eigenvalue weighted by Gasteiger charge is 2.18. The molecule has 11 nitrogen and oxygen atoms in total. The van der Waals surface area contributed by atoms with Crippen molar-refractivity contribution in [1.29, 1.82) is 0 Å². The van der Waals surface area contributed by atoms with Crippen molar-refractivity contribution in [1.82, 2.24) is 4.57 Å². The van der Waals surface area contributed by atoms with Gasteiger partial charge in [-0.25, -0.2) is 13.6 Å². The molecule has 0 radical (unpaired) electrons. The highest BCUT2D eigenvalue weighted by Crippen LogP contribution is 2.38. The van der Waals surface area contributed by atoms with Gasteiger partial charge in [0.2, 0.25) is 15.8 Å². The molecular weight excluding hydrogens is 486 g/mol. The maximum absolute atomic E-state index is 13.1. The summed E-state index contributed by atoms with van der Waals surface area (Å²) in [6.45, 7) is 0.156. The maximum Gasteiger partial charge on any atom is 0.307 e. The van der Waals surface area contributed by atoms with E-state index in [4.69, 9.17) is 24.1 Å². The number of esters is 1. The van der Waals surface area contributed by atoms with E-state index in [1.54, 1.807) is 10.6 Å². The molecule has 1 heterocycles. The second-order valence-electron chi connectivity index (χ2n) is 6.87. The minimum absolute atomic E-state index is 0.0187. The number of benzene rings is 2. The third kappa shape index (κ3) is 5.21. The van der Waals surface area contributed by atoms with Crippen LogP contribution in [-0.2, 0) is 26.1 Å². The highest BCUT2D eigenvalue weighted by molar-refractivity contribution is 7.89. The molecular formula is C21H23N3O8S2. The summed E-state index contributed by atoms with van der Waals surface area (Å²) in [5.41, 5.74) is 0.759. The maximum atomic E-state index is 13.1. The first-order valence-electron chi connectivity index (χ1n) is 9.75. The Labute approximate surface area is 199 Å². The van der Waals surface area contributed by atoms with Gasteiger partial charge in [-0.3, -0.25) is 9.59 Å². The third-order valence-electron chi connectivity index (χ3n) is 4.86. The first kappa shape index (κ1) is 25.2. The van der Waals surface area contributed by atoms with Gasteiger partial charge in [0.15, 0.2) is 16.3 Å². The minimum Gasteiger partial charge on any atom is -0.493 e. The highest BCUT2D eigenvalue weighted by atomic mass is 32.2. The molecule has 0 aliphatic heterocycles. The van der Waals surface area contributed by atoms with Crippen LogP contribution in [0.2, 0.25) is 0 Å². The number of sulfonamides is 1. The Balaban J connectivity index is 2.17. The fraction of sp³-hybridized carbons (Fsp3) is 0.286. The van der Waals surface area contributed by atoms with Crippen molar-refractivity contribution in [2.75, 3.05) is 28.4 Å². The van der Waals surface area contributed by atoms with Crippen LogP contribution in [0.15, 0.2) is 40.2 Å². The second kappa shape index (κ2) is 10.2. The van der Waals surface area contributed by atoms with Crippen LogP contribution in [0.4, 0.5) is 0 Å². The molecule has 0 aliphatic rings. The Morgan fingerprint density at radius 2 is 1.68 bits per heavy atom. The van der Waals surface area contributed by atoms with Crippen molar-refractivity contribution in [3.63, 3.8) is 0 Å². The van der Waals surface area contributed by atoms with Crippen LogP contribution in [0.3, 0.4) is 0 Å². The zero-order chi connectivity index (χ0) is 25.0. The number of nitrogens with zero attached hydrogens (tertiary/aromatic N) is 2. The van der Waals surface area contributed by atoms with E-state index < -0.39 is 21.9 Å². The van der Waals surface area contributed by atoms with Gasteiger partial charge in [-0.1, -0.05) is 11.3 Å². The summed E-state index contributed by atoms with van der Waals surface area (Å²) >= 11 is 1.08. The standard InChI is InChI=1S/C21H23N3O8S2/c1-29-15-9-12(10-16(30-2)19(15)32-4)20(26)23-21-24(8-7-18(25)31-3)14-6-5-13(34(22,27)28)11-17(14)33-21/h5-6,9-11H,7-8H2,1-4H3,(H2,22,27,28). The Morgan fingerprint density at radius 3 is 2.21 bits per heavy atom. The summed E-state index contributed by atoms with van der Waals surface area (Å²) in [6, 6.07) is 7.24. The predicted octanol–water partition coefficient (Wildman–Crippen LogP) is 1.68. The molecule has 2 aromatic carbocycles. The van der Waals surface area contributed by atoms with E-state index >= 15 is 0 Å². The van der Waals surface area contributed by atoms with Gasteiger partial charge in [0, 0.05) is 12.1 Å². The lowest BCUT2D eigenvalue weighted by Gasteiger charge is -2.12. The molecule has 0 unspecified atom stereocenters. The van der Waals surface area contributed by atoms with Crippen LogP contribution in [0.5, 0.6) is 17.2 Å². The molecule has 0 spiro atoms. The number of hydrogen-bond donors (Lipinski definition) is 1. The normalized spacial score (nSPS) is 12.0. The monoisotopic (exact) mass is 509 g/mol. The van der Waals surface area contributed by atoms with Crippen LogP contribution in [0.25, 0.3) is 10.2 Å². The fourth-order valence-corrected chi connectivity index (χ4v) is 4.90. The second-order valence-corrected chi connectivity index (χ2v) is 9.44. The Hall–Kier alpha value is -3.42. The van der Waals surface area contributed by atoms with E-state index in [0.717, 1.165) is 11.3 Å². The van der Waals surface area contributed by atoms with Gasteiger partial charge in [0.25, 0.3) is 5.91 Å². The number of fused-ring (bicyclic) bond motifs is 1. The Bertz CT molecular complexity index is 1400. The number of methoxy groups -OCH3 is 4. The molecule has 0 saturated heterocycles. The molecule has 182 valence electrons. The number of carbonyl (C=O) groups is 2. The molecule has 0 fully saturated rings. The molecule has 1 amide bonds. The van der Waals surface area contributed by atoms with Crippen molar-refractivity contribution in [3.05, 3.63) is 40.7 Å². The lowest BCUT2D eigenvalue weighted by Crippen LogP contribution is -2.19. The van der Waals surface area contributed by atoms with Crippen molar-refractivity contribution < 1.29 is 37.0 Å². The first-order valence-corrected chi connectivity index (χ1v) is 12.1. The first-order chi connectivity index (χ1) is 16.1. The smallest absolute Gasteiger partial charge is 0.307 e. The molecule has 2 N–H and O–H groups in total. The van der Waals surface area contributed by atoms with Gasteiger partial charge < -0.3 is 23.5 Å². The van der Waals surface area contributed by atoms with E-state index in [2.05, 4.69) is 4.99 Å². The van der Waals surface area contributed by atoms with Gasteiger partial charge in [-0.2, -0.15) is 4.99 Å². The molecule has 0 atom stereocenters. The minimum atomic E-state index is -3.93. The van der Waals surface area contributed by atoms with Gasteiger partial charge in [-0.05, 0) is 30.3 Å². The summed E-state index contributed by atoms with van der Waals surface area (Å²) in [4.78, 5) is 29.2. The number of hydrogen-bond acceptors (Lipinski definition) is 9. The van der Waals surface area contributed by atoms with Crippen LogP contribution < -0.4 is 24.2 Å². The van der Waals surface area contributed by atoms with Crippen molar-refractivity contribution >= 4 is 43.5 Å². The lowest BCUT2D eigenvalue weighted by atomic mass is 10.1. The topological polar surface area (TPSA) is 149 Å². The Morgan fingerprint density at radius 1 is 1.03 bits per heavy atom. The number of thiazole rings is 1. The summed E-state index contributed by atoms with van der Waals surface area (Å²) in [5, 5.41) is 5.24.